The molecule has 530 valence electrons. The number of carbonyl (C=O) groups excluding carboxylic acids is 5. The maximum Gasteiger partial charge on any atom is 1.00 e. The molecule has 23 heteroatoms. The van der Waals surface area contributed by atoms with Gasteiger partial charge in [0.1, 0.15) is 29.5 Å². The Morgan fingerprint density at radius 3 is 2.06 bits per heavy atom. The van der Waals surface area contributed by atoms with Crippen molar-refractivity contribution in [1.29, 1.82) is 0 Å². The van der Waals surface area contributed by atoms with Crippen LogP contribution in [-0.4, -0.2) is 170 Å². The molecule has 0 radical (unpaired) electrons. The summed E-state index contributed by atoms with van der Waals surface area (Å²) in [5.74, 6) is -9.60. The molecular formula is C74H105N4NaO18. The van der Waals surface area contributed by atoms with Gasteiger partial charge in [-0.1, -0.05) is 85.3 Å². The number of esters is 2. The summed E-state index contributed by atoms with van der Waals surface area (Å²) in [4.78, 5) is 67.3. The van der Waals surface area contributed by atoms with Crippen LogP contribution in [0.2, 0.25) is 0 Å². The Kier molecular flexibility index (Phi) is 25.1. The second-order valence-electron chi connectivity index (χ2n) is 29.7. The number of hydrazone groups is 1. The number of benzene rings is 2. The maximum atomic E-state index is 14.4. The average Bonchev–Trinajstić information content (AvgIpc) is 1.67. The molecule has 8 aliphatic rings. The largest absolute Gasteiger partial charge is 1.00 e. The predicted octanol–water partition coefficient (Wildman–Crippen LogP) is 5.67. The van der Waals surface area contributed by atoms with Crippen LogP contribution < -0.4 is 44.7 Å². The Hall–Kier alpha value is -5.82. The number of fused-ring (bicyclic) bond motifs is 19. The van der Waals surface area contributed by atoms with Crippen molar-refractivity contribution in [2.75, 3.05) is 45.7 Å². The van der Waals surface area contributed by atoms with E-state index in [2.05, 4.69) is 43.0 Å². The van der Waals surface area contributed by atoms with Crippen LogP contribution in [0, 0.1) is 70.5 Å². The fourth-order valence-electron chi connectivity index (χ4n) is 17.7. The van der Waals surface area contributed by atoms with Crippen LogP contribution in [0.25, 0.3) is 10.8 Å². The molecule has 0 unspecified atom stereocenters. The van der Waals surface area contributed by atoms with Gasteiger partial charge in [0.05, 0.1) is 71.2 Å². The van der Waals surface area contributed by atoms with E-state index >= 15 is 0 Å². The second kappa shape index (κ2) is 31.0. The number of anilines is 1. The summed E-state index contributed by atoms with van der Waals surface area (Å²) >= 11 is 0. The number of nitrogens with zero attached hydrogens (tertiary/aromatic N) is 3. The fourth-order valence-corrected chi connectivity index (χ4v) is 17.7. The number of ether oxygens (including phenoxy) is 5. The second-order valence-corrected chi connectivity index (χ2v) is 29.7. The monoisotopic (exact) mass is 1360 g/mol. The number of carboxylic acids is 1. The summed E-state index contributed by atoms with van der Waals surface area (Å²) < 4.78 is 29.4. The Labute approximate surface area is 593 Å². The number of amides is 1. The quantitative estimate of drug-likeness (QED) is 0.0285. The topological polar surface area (TPSA) is 327 Å². The molecule has 19 atom stereocenters. The molecule has 1 saturated heterocycles. The minimum absolute atomic E-state index is 0. The van der Waals surface area contributed by atoms with Gasteiger partial charge in [-0.05, 0) is 143 Å². The van der Waals surface area contributed by atoms with Gasteiger partial charge in [0.2, 0.25) is 0 Å². The molecule has 8 N–H and O–H groups in total. The van der Waals surface area contributed by atoms with Crippen LogP contribution >= 0.6 is 0 Å². The van der Waals surface area contributed by atoms with Gasteiger partial charge in [0, 0.05) is 94.3 Å². The number of nitrogens with one attached hydrogen (secondary N) is 1. The summed E-state index contributed by atoms with van der Waals surface area (Å²) in [6, 6.07) is 0. The van der Waals surface area contributed by atoms with E-state index in [1.807, 2.05) is 27.0 Å². The van der Waals surface area contributed by atoms with E-state index in [0.717, 1.165) is 44.3 Å². The van der Waals surface area contributed by atoms with Crippen LogP contribution in [0.3, 0.4) is 0 Å². The molecule has 4 heterocycles. The number of hydrogen-bond donors (Lipinski definition) is 8. The zero-order valence-electron chi connectivity index (χ0n) is 60.1. The molecule has 0 spiro atoms. The van der Waals surface area contributed by atoms with E-state index in [1.165, 1.54) is 66.4 Å². The molecule has 2 aromatic carbocycles. The number of rotatable bonds is 9. The van der Waals surface area contributed by atoms with Crippen molar-refractivity contribution in [3.63, 3.8) is 0 Å². The van der Waals surface area contributed by atoms with E-state index in [9.17, 15) is 64.8 Å². The van der Waals surface area contributed by atoms with Gasteiger partial charge in [0.15, 0.2) is 5.75 Å². The minimum atomic E-state index is -2.04. The molecule has 22 nitrogen and oxygen atoms in total. The van der Waals surface area contributed by atoms with Crippen molar-refractivity contribution in [3.8, 4) is 23.0 Å². The van der Waals surface area contributed by atoms with Gasteiger partial charge in [-0.15, -0.1) is 0 Å². The standard InChI is InChI=1S/C43H58N4O12.C31H48O6.Na/c1-21-12-11-13-22(2)42(55)45-33-28(20-44-47-17-15-46(9)16-18-47)37(52)30-31(38(33)53)36(51)26(6)40-32(30)41(54)43(8,59-40)57-19-14-29(56-10)23(3)39(58-27(7)48)25(5)35(50)24(4)34(21)49;1-17(2)9-8-10-20(28(35)36)26-22-15-24(34)27-29(5)13-12-23(33)18(3)21(29)11-14-30(27,6)31(22,7)16-25(26)37-19(4)32;/h11-14,19-21,23-25,29,34-35,39,49-53H,15-18H2,1-10H3,(H,45,55);9,18,21-25,27,33-34H,8,10-16H2,1-7H3,(H,35,36);/q;;+1/p-1/b12-11+,19-14+,22-13-,44-20+;26-20-;/t21-,23+,24+,25+,29-,34-,35+,39+,43-;18-,21-,22-,23+,24+,25-,27-,29-,30-,31-;/m00./s1. The zero-order chi connectivity index (χ0) is 71.2. The van der Waals surface area contributed by atoms with Crippen LogP contribution in [0.1, 0.15) is 170 Å². The fraction of sp³-hybridized carbons (Fsp3) is 0.649. The number of aromatic hydroxyl groups is 3. The summed E-state index contributed by atoms with van der Waals surface area (Å²) in [6.45, 7) is 29.4. The molecule has 5 bridgehead atoms. The first-order chi connectivity index (χ1) is 44.9. The number of Topliss-reactive ketones (excluding diaryl/α,β-unsaturated/α-hetero) is 1. The van der Waals surface area contributed by atoms with Crippen LogP contribution in [-0.2, 0) is 38.1 Å². The molecule has 1 amide bonds. The molecule has 97 heavy (non-hydrogen) atoms. The van der Waals surface area contributed by atoms with Crippen molar-refractivity contribution in [1.82, 2.24) is 9.91 Å². The summed E-state index contributed by atoms with van der Waals surface area (Å²) in [6.07, 6.45) is 10.8. The van der Waals surface area contributed by atoms with Crippen LogP contribution in [0.5, 0.6) is 23.0 Å². The predicted molar refractivity (Wildman–Crippen MR) is 360 cm³/mol. The van der Waals surface area contributed by atoms with Crippen molar-refractivity contribution < 1.29 is 118 Å². The van der Waals surface area contributed by atoms with Crippen molar-refractivity contribution in [2.45, 2.75) is 204 Å². The van der Waals surface area contributed by atoms with E-state index in [-0.39, 0.29) is 120 Å². The Morgan fingerprint density at radius 2 is 1.45 bits per heavy atom. The normalized spacial score (nSPS) is 37.1. The Bertz CT molecular complexity index is 3500. The first kappa shape index (κ1) is 78.5. The van der Waals surface area contributed by atoms with Gasteiger partial charge in [-0.3, -0.25) is 24.2 Å². The number of phenolic OH excluding ortho intramolecular Hbond substituents is 3. The van der Waals surface area contributed by atoms with Crippen molar-refractivity contribution >= 4 is 52.3 Å². The SMILES string of the molecule is CC(=O)O[C@H]1C[C@@]2(C)[C@@H](C[C@@H](O)[C@H]3[C@@]4(C)CC[C@@H](O)[C@@H](C)[C@@H]4CC[C@@]32C)/C1=C(\CCC=C(C)C)C(=O)[O-].CO[C@H]1/C=C/O[C@@]2(C)Oc3c(C)c(O)c4c(O)c(c(/C=N/N5CCN(C)CC5)c(O)c4c3C2=O)NC(=O)/C(C)=C\C=C\[C@H](C)[C@H](O)[C@@H](C)[C@@H](O)[C@@H](C)[C@H](OC(C)=O)[C@@H]1C.[Na+]. The summed E-state index contributed by atoms with van der Waals surface area (Å²) in [5.41, 5.74) is 0.964. The van der Waals surface area contributed by atoms with Crippen molar-refractivity contribution in [2.24, 2.45) is 68.7 Å². The summed E-state index contributed by atoms with van der Waals surface area (Å²) in [5, 5.41) is 102. The number of methoxy groups -OCH3 is 1. The number of piperazine rings is 1. The third kappa shape index (κ3) is 15.1. The number of hydrogen-bond acceptors (Lipinski definition) is 21. The number of aliphatic hydroxyl groups is 4. The summed E-state index contributed by atoms with van der Waals surface area (Å²) in [7, 11) is 3.42. The molecule has 10 rings (SSSR count). The van der Waals surface area contributed by atoms with E-state index in [1.54, 1.807) is 44.9 Å². The number of aliphatic carboxylic acids is 1. The van der Waals surface area contributed by atoms with Gasteiger partial charge < -0.3 is 79.5 Å². The van der Waals surface area contributed by atoms with E-state index in [0.29, 0.717) is 50.3 Å². The molecule has 0 aromatic heterocycles. The van der Waals surface area contributed by atoms with Crippen LogP contribution in [0.4, 0.5) is 5.69 Å². The van der Waals surface area contributed by atoms with Gasteiger partial charge >= 0.3 is 47.3 Å². The number of allylic oxidation sites excluding steroid dienone is 4. The number of carboxylic acid groups (broad SMARTS) is 1. The first-order valence-corrected chi connectivity index (χ1v) is 34.1. The van der Waals surface area contributed by atoms with Gasteiger partial charge in [0.25, 0.3) is 11.7 Å². The van der Waals surface area contributed by atoms with Gasteiger partial charge in [-0.25, -0.2) is 0 Å². The molecular weight excluding hydrogens is 1260 g/mol. The smallest absolute Gasteiger partial charge is 0.545 e. The molecule has 4 saturated carbocycles. The van der Waals surface area contributed by atoms with Crippen molar-refractivity contribution in [3.05, 3.63) is 75.6 Å². The van der Waals surface area contributed by atoms with Crippen LogP contribution in [0.15, 0.2) is 64.0 Å². The zero-order valence-corrected chi connectivity index (χ0v) is 62.1. The number of ketones is 1. The third-order valence-corrected chi connectivity index (χ3v) is 23.4. The van der Waals surface area contributed by atoms with Gasteiger partial charge in [-0.2, -0.15) is 5.10 Å². The first-order valence-electron chi connectivity index (χ1n) is 34.1. The molecule has 5 fully saturated rings. The Morgan fingerprint density at radius 1 is 0.804 bits per heavy atom. The number of aliphatic hydroxyl groups excluding tert-OH is 4. The maximum absolute atomic E-state index is 14.4. The number of likely N-dealkylation sites (N-methyl/N-ethyl adjacent to an activating group) is 1. The third-order valence-electron chi connectivity index (χ3n) is 23.4. The Balaban J connectivity index is 0.000000299. The van der Waals surface area contributed by atoms with E-state index in [4.69, 9.17) is 23.7 Å². The molecule has 2 aromatic rings. The number of carbonyl (C=O) groups is 5. The van der Waals surface area contributed by atoms with E-state index < -0.39 is 113 Å². The average molecular weight is 1360 g/mol. The molecule has 4 aliphatic carbocycles. The number of phenols is 3. The molecule has 4 aliphatic heterocycles. The minimum Gasteiger partial charge on any atom is -0.545 e.